The first-order valence-electron chi connectivity index (χ1n) is 12.0. The number of benzene rings is 1. The fourth-order valence-corrected chi connectivity index (χ4v) is 4.36. The number of piperazine rings is 1. The summed E-state index contributed by atoms with van der Waals surface area (Å²) in [6.07, 6.45) is 1.46. The quantitative estimate of drug-likeness (QED) is 0.636. The molecular weight excluding hydrogens is 439 g/mol. The van der Waals surface area contributed by atoms with Crippen LogP contribution in [0.25, 0.3) is 0 Å². The van der Waals surface area contributed by atoms with Crippen molar-refractivity contribution < 1.29 is 23.5 Å². The molecule has 1 N–H and O–H groups in total. The van der Waals surface area contributed by atoms with Crippen molar-refractivity contribution in [3.63, 3.8) is 0 Å². The molecule has 3 rings (SSSR count). The molecule has 0 bridgehead atoms. The molecule has 2 aliphatic heterocycles. The van der Waals surface area contributed by atoms with E-state index in [1.54, 1.807) is 12.1 Å². The highest BCUT2D eigenvalue weighted by Crippen LogP contribution is 2.23. The van der Waals surface area contributed by atoms with Gasteiger partial charge in [-0.15, -0.1) is 0 Å². The lowest BCUT2D eigenvalue weighted by Crippen LogP contribution is -2.52. The topological polar surface area (TPSA) is 82.2 Å². The molecule has 2 aliphatic rings. The van der Waals surface area contributed by atoms with Gasteiger partial charge in [-0.3, -0.25) is 14.5 Å². The van der Waals surface area contributed by atoms with Crippen LogP contribution in [0.15, 0.2) is 18.2 Å². The van der Waals surface area contributed by atoms with E-state index in [0.29, 0.717) is 56.4 Å². The van der Waals surface area contributed by atoms with Crippen LogP contribution in [0.4, 0.5) is 14.9 Å². The number of rotatable bonds is 6. The SMILES string of the molecule is CC(=O)c1ccc(N2CCN(C(=O)CN3CCC(CNC(=O)OC(C)(C)C)CC3)CC2)c(F)c1. The molecule has 2 saturated heterocycles. The smallest absolute Gasteiger partial charge is 0.407 e. The van der Waals surface area contributed by atoms with Crippen molar-refractivity contribution >= 4 is 23.5 Å². The number of amides is 2. The molecule has 8 nitrogen and oxygen atoms in total. The lowest BCUT2D eigenvalue weighted by atomic mass is 9.97. The largest absolute Gasteiger partial charge is 0.444 e. The van der Waals surface area contributed by atoms with E-state index in [2.05, 4.69) is 10.2 Å². The number of likely N-dealkylation sites (tertiary alicyclic amines) is 1. The molecule has 2 fully saturated rings. The summed E-state index contributed by atoms with van der Waals surface area (Å²) in [6.45, 7) is 11.7. The van der Waals surface area contributed by atoms with Crippen LogP contribution in [0, 0.1) is 11.7 Å². The number of halogens is 1. The second-order valence-electron chi connectivity index (χ2n) is 10.2. The number of nitrogens with zero attached hydrogens (tertiary/aromatic N) is 3. The number of anilines is 1. The maximum atomic E-state index is 14.5. The number of piperidine rings is 1. The third kappa shape index (κ3) is 7.41. The Morgan fingerprint density at radius 1 is 1.06 bits per heavy atom. The summed E-state index contributed by atoms with van der Waals surface area (Å²) in [7, 11) is 0. The number of nitrogens with one attached hydrogen (secondary N) is 1. The maximum Gasteiger partial charge on any atom is 0.407 e. The van der Waals surface area contributed by atoms with E-state index in [1.165, 1.54) is 13.0 Å². The van der Waals surface area contributed by atoms with Gasteiger partial charge in [-0.2, -0.15) is 0 Å². The van der Waals surface area contributed by atoms with Gasteiger partial charge in [0.2, 0.25) is 5.91 Å². The maximum absolute atomic E-state index is 14.5. The summed E-state index contributed by atoms with van der Waals surface area (Å²) in [6, 6.07) is 4.57. The molecule has 0 aliphatic carbocycles. The second kappa shape index (κ2) is 11.2. The summed E-state index contributed by atoms with van der Waals surface area (Å²) in [5, 5.41) is 2.84. The second-order valence-corrected chi connectivity index (χ2v) is 10.2. The van der Waals surface area contributed by atoms with E-state index >= 15 is 0 Å². The van der Waals surface area contributed by atoms with E-state index in [1.807, 2.05) is 30.6 Å². The fraction of sp³-hybridized carbons (Fsp3) is 0.640. The van der Waals surface area contributed by atoms with E-state index < -0.39 is 11.4 Å². The normalized spacial score (nSPS) is 18.0. The van der Waals surface area contributed by atoms with Crippen molar-refractivity contribution in [2.24, 2.45) is 5.92 Å². The molecule has 0 atom stereocenters. The molecule has 34 heavy (non-hydrogen) atoms. The predicted molar refractivity (Wildman–Crippen MR) is 129 cm³/mol. The van der Waals surface area contributed by atoms with Crippen molar-refractivity contribution in [2.45, 2.75) is 46.1 Å². The molecule has 0 radical (unpaired) electrons. The number of alkyl carbamates (subject to hydrolysis) is 1. The summed E-state index contributed by atoms with van der Waals surface area (Å²) in [5.74, 6) is -0.0928. The molecule has 0 aromatic heterocycles. The van der Waals surface area contributed by atoms with Gasteiger partial charge in [0, 0.05) is 38.3 Å². The van der Waals surface area contributed by atoms with Crippen LogP contribution in [-0.4, -0.2) is 85.5 Å². The van der Waals surface area contributed by atoms with Crippen molar-refractivity contribution in [3.05, 3.63) is 29.6 Å². The molecule has 0 spiro atoms. The molecular formula is C25H37FN4O4. The van der Waals surface area contributed by atoms with Gasteiger partial charge >= 0.3 is 6.09 Å². The van der Waals surface area contributed by atoms with Crippen molar-refractivity contribution in [1.29, 1.82) is 0 Å². The Bertz CT molecular complexity index is 885. The number of ketones is 1. The first-order valence-corrected chi connectivity index (χ1v) is 12.0. The zero-order valence-electron chi connectivity index (χ0n) is 20.7. The Kier molecular flexibility index (Phi) is 8.52. The van der Waals surface area contributed by atoms with Gasteiger partial charge in [0.05, 0.1) is 12.2 Å². The highest BCUT2D eigenvalue weighted by Gasteiger charge is 2.27. The van der Waals surface area contributed by atoms with Crippen LogP contribution < -0.4 is 10.2 Å². The molecule has 0 saturated carbocycles. The minimum absolute atomic E-state index is 0.0948. The van der Waals surface area contributed by atoms with Crippen LogP contribution in [0.1, 0.15) is 50.9 Å². The Morgan fingerprint density at radius 2 is 1.71 bits per heavy atom. The molecule has 2 amide bonds. The number of hydrogen-bond donors (Lipinski definition) is 1. The van der Waals surface area contributed by atoms with Gasteiger partial charge in [-0.1, -0.05) is 0 Å². The Labute approximate surface area is 201 Å². The third-order valence-corrected chi connectivity index (χ3v) is 6.33. The van der Waals surface area contributed by atoms with Gasteiger partial charge in [-0.25, -0.2) is 9.18 Å². The minimum Gasteiger partial charge on any atom is -0.444 e. The number of ether oxygens (including phenoxy) is 1. The molecule has 0 unspecified atom stereocenters. The summed E-state index contributed by atoms with van der Waals surface area (Å²) < 4.78 is 19.7. The molecule has 1 aromatic rings. The van der Waals surface area contributed by atoms with Gasteiger partial charge in [-0.05, 0) is 77.7 Å². The van der Waals surface area contributed by atoms with E-state index in [0.717, 1.165) is 25.9 Å². The number of hydrogen-bond acceptors (Lipinski definition) is 6. The first kappa shape index (κ1) is 25.9. The molecule has 9 heteroatoms. The van der Waals surface area contributed by atoms with Gasteiger partial charge in [0.1, 0.15) is 11.4 Å². The average molecular weight is 477 g/mol. The van der Waals surface area contributed by atoms with Crippen LogP contribution in [0.5, 0.6) is 0 Å². The number of carbonyl (C=O) groups is 3. The highest BCUT2D eigenvalue weighted by molar-refractivity contribution is 5.94. The molecule has 188 valence electrons. The zero-order valence-corrected chi connectivity index (χ0v) is 20.7. The van der Waals surface area contributed by atoms with Crippen molar-refractivity contribution in [3.8, 4) is 0 Å². The number of Topliss-reactive ketones (excluding diaryl/α,β-unsaturated/α-hetero) is 1. The highest BCUT2D eigenvalue weighted by atomic mass is 19.1. The monoisotopic (exact) mass is 476 g/mol. The zero-order chi connectivity index (χ0) is 24.9. The van der Waals surface area contributed by atoms with Crippen LogP contribution in [0.2, 0.25) is 0 Å². The Morgan fingerprint density at radius 3 is 2.26 bits per heavy atom. The third-order valence-electron chi connectivity index (χ3n) is 6.33. The fourth-order valence-electron chi connectivity index (χ4n) is 4.36. The van der Waals surface area contributed by atoms with E-state index in [9.17, 15) is 18.8 Å². The van der Waals surface area contributed by atoms with Gasteiger partial charge in [0.25, 0.3) is 0 Å². The first-order chi connectivity index (χ1) is 16.0. The van der Waals surface area contributed by atoms with Crippen LogP contribution in [0.3, 0.4) is 0 Å². The van der Waals surface area contributed by atoms with Gasteiger partial charge in [0.15, 0.2) is 5.78 Å². The van der Waals surface area contributed by atoms with Gasteiger partial charge < -0.3 is 19.9 Å². The van der Waals surface area contributed by atoms with Crippen LogP contribution >= 0.6 is 0 Å². The molecule has 1 aromatic carbocycles. The minimum atomic E-state index is -0.506. The number of carbonyl (C=O) groups excluding carboxylic acids is 3. The summed E-state index contributed by atoms with van der Waals surface area (Å²) in [4.78, 5) is 42.0. The predicted octanol–water partition coefficient (Wildman–Crippen LogP) is 2.91. The summed E-state index contributed by atoms with van der Waals surface area (Å²) in [5.41, 5.74) is 0.326. The average Bonchev–Trinajstić information content (AvgIpc) is 2.77. The van der Waals surface area contributed by atoms with Crippen molar-refractivity contribution in [2.75, 3.05) is 57.3 Å². The standard InChI is InChI=1S/C25H37FN4O4/c1-18(31)20-5-6-22(21(26)15-20)29-11-13-30(14-12-29)23(32)17-28-9-7-19(8-10-28)16-27-24(33)34-25(2,3)4/h5-6,15,19H,7-14,16-17H2,1-4H3,(H,27,33). The lowest BCUT2D eigenvalue weighted by molar-refractivity contribution is -0.133. The Hall–Kier alpha value is -2.68. The van der Waals surface area contributed by atoms with E-state index in [4.69, 9.17) is 4.74 Å². The van der Waals surface area contributed by atoms with E-state index in [-0.39, 0.29) is 17.8 Å². The molecule has 2 heterocycles. The van der Waals surface area contributed by atoms with Crippen LogP contribution in [-0.2, 0) is 9.53 Å². The van der Waals surface area contributed by atoms with Crippen molar-refractivity contribution in [1.82, 2.24) is 15.1 Å². The summed E-state index contributed by atoms with van der Waals surface area (Å²) >= 11 is 0. The lowest BCUT2D eigenvalue weighted by Gasteiger charge is -2.38. The Balaban J connectivity index is 1.38.